The fourth-order valence-electron chi connectivity index (χ4n) is 3.01. The van der Waals surface area contributed by atoms with Crippen LogP contribution < -0.4 is 0 Å². The molecule has 2 aromatic rings. The first-order chi connectivity index (χ1) is 12.6. The summed E-state index contributed by atoms with van der Waals surface area (Å²) in [5.41, 5.74) is 1.24. The molecule has 1 aromatic heterocycles. The number of esters is 1. The highest BCUT2D eigenvalue weighted by molar-refractivity contribution is 8.00. The zero-order valence-corrected chi connectivity index (χ0v) is 16.6. The van der Waals surface area contributed by atoms with Crippen molar-refractivity contribution in [2.45, 2.75) is 44.2 Å². The molecule has 3 rings (SSSR count). The van der Waals surface area contributed by atoms with E-state index in [0.717, 1.165) is 12.8 Å². The van der Waals surface area contributed by atoms with Gasteiger partial charge in [0.1, 0.15) is 6.04 Å². The minimum atomic E-state index is -0.516. The molecule has 0 saturated carbocycles. The monoisotopic (exact) mass is 389 g/mol. The number of aryl methyl sites for hydroxylation is 1. The van der Waals surface area contributed by atoms with E-state index in [1.165, 1.54) is 16.9 Å². The molecule has 0 bridgehead atoms. The van der Waals surface area contributed by atoms with Crippen LogP contribution in [0.25, 0.3) is 0 Å². The lowest BCUT2D eigenvalue weighted by Gasteiger charge is -2.28. The normalized spacial score (nSPS) is 19.7. The van der Waals surface area contributed by atoms with Crippen LogP contribution in [-0.2, 0) is 16.0 Å². The molecule has 1 saturated heterocycles. The van der Waals surface area contributed by atoms with Gasteiger partial charge in [0.2, 0.25) is 0 Å². The van der Waals surface area contributed by atoms with Crippen LogP contribution in [-0.4, -0.2) is 40.0 Å². The average molecular weight is 390 g/mol. The summed E-state index contributed by atoms with van der Waals surface area (Å²) in [5, 5.41) is 1.87. The summed E-state index contributed by atoms with van der Waals surface area (Å²) in [4.78, 5) is 28.0. The number of rotatable bonds is 6. The van der Waals surface area contributed by atoms with Crippen molar-refractivity contribution in [3.8, 4) is 0 Å². The van der Waals surface area contributed by atoms with Crippen molar-refractivity contribution < 1.29 is 14.3 Å². The molecule has 2 atom stereocenters. The Kier molecular flexibility index (Phi) is 6.38. The number of hydrogen-bond donors (Lipinski definition) is 0. The highest BCUT2D eigenvalue weighted by Crippen LogP contribution is 2.35. The zero-order valence-electron chi connectivity index (χ0n) is 15.0. The largest absolute Gasteiger partial charge is 0.461 e. The molecule has 1 aliphatic rings. The number of amides is 1. The third-order valence-electron chi connectivity index (χ3n) is 4.21. The second-order valence-electron chi connectivity index (χ2n) is 6.50. The summed E-state index contributed by atoms with van der Waals surface area (Å²) in [7, 11) is 0. The molecule has 1 amide bonds. The lowest BCUT2D eigenvalue weighted by Crippen LogP contribution is -2.46. The minimum absolute atomic E-state index is 0.0190. The molecule has 0 spiro atoms. The van der Waals surface area contributed by atoms with Crippen LogP contribution in [0, 0.1) is 0 Å². The average Bonchev–Trinajstić information content (AvgIpc) is 3.29. The van der Waals surface area contributed by atoms with E-state index in [1.807, 2.05) is 49.6 Å². The maximum atomic E-state index is 13.0. The summed E-state index contributed by atoms with van der Waals surface area (Å²) in [6, 6.07) is 13.4. The van der Waals surface area contributed by atoms with Gasteiger partial charge < -0.3 is 9.64 Å². The quantitative estimate of drug-likeness (QED) is 0.694. The molecular formula is C20H23NO3S2. The Hall–Kier alpha value is -1.79. The molecule has 26 heavy (non-hydrogen) atoms. The van der Waals surface area contributed by atoms with Crippen molar-refractivity contribution in [3.63, 3.8) is 0 Å². The molecule has 0 unspecified atom stereocenters. The van der Waals surface area contributed by atoms with Crippen LogP contribution in [0.3, 0.4) is 0 Å². The van der Waals surface area contributed by atoms with E-state index in [2.05, 4.69) is 12.1 Å². The number of nitrogens with zero attached hydrogens (tertiary/aromatic N) is 1. The van der Waals surface area contributed by atoms with E-state index in [1.54, 1.807) is 16.7 Å². The smallest absolute Gasteiger partial charge is 0.330 e. The Labute approximate surface area is 162 Å². The molecule has 0 radical (unpaired) electrons. The highest BCUT2D eigenvalue weighted by Gasteiger charge is 2.42. The maximum absolute atomic E-state index is 13.0. The number of ether oxygens (including phenoxy) is 1. The number of carbonyl (C=O) groups excluding carboxylic acids is 2. The Morgan fingerprint density at radius 1 is 1.19 bits per heavy atom. The summed E-state index contributed by atoms with van der Waals surface area (Å²) < 4.78 is 5.40. The number of carbonyl (C=O) groups is 2. The van der Waals surface area contributed by atoms with Gasteiger partial charge in [0.05, 0.1) is 16.4 Å². The van der Waals surface area contributed by atoms with Crippen molar-refractivity contribution in [1.82, 2.24) is 4.90 Å². The molecule has 0 aliphatic carbocycles. The van der Waals surface area contributed by atoms with Crippen LogP contribution >= 0.6 is 23.1 Å². The van der Waals surface area contributed by atoms with E-state index in [-0.39, 0.29) is 23.4 Å². The Morgan fingerprint density at radius 3 is 2.62 bits per heavy atom. The van der Waals surface area contributed by atoms with Gasteiger partial charge in [-0.25, -0.2) is 4.79 Å². The van der Waals surface area contributed by atoms with E-state index in [0.29, 0.717) is 10.6 Å². The van der Waals surface area contributed by atoms with E-state index < -0.39 is 6.04 Å². The van der Waals surface area contributed by atoms with Crippen LogP contribution in [0.2, 0.25) is 0 Å². The van der Waals surface area contributed by atoms with Gasteiger partial charge >= 0.3 is 5.97 Å². The standard InChI is InChI=1S/C20H23NO3S2/c1-14(2)24-20(23)16-13-26-18(11-10-15-7-4-3-5-8-15)21(16)19(22)17-9-6-12-25-17/h3-9,12,14,16,18H,10-11,13H2,1-2H3/t16-,18+/m1/s1. The molecule has 1 aromatic carbocycles. The predicted octanol–water partition coefficient (Wildman–Crippen LogP) is 4.22. The summed E-state index contributed by atoms with van der Waals surface area (Å²) in [6.45, 7) is 3.66. The summed E-state index contributed by atoms with van der Waals surface area (Å²) in [5.74, 6) is 0.204. The van der Waals surface area contributed by atoms with Crippen molar-refractivity contribution in [2.75, 3.05) is 5.75 Å². The van der Waals surface area contributed by atoms with Crippen LogP contribution in [0.1, 0.15) is 35.5 Å². The first kappa shape index (κ1) is 19.0. The molecule has 1 aliphatic heterocycles. The third-order valence-corrected chi connectivity index (χ3v) is 6.42. The molecule has 2 heterocycles. The van der Waals surface area contributed by atoms with Gasteiger partial charge in [0, 0.05) is 5.75 Å². The van der Waals surface area contributed by atoms with Gasteiger partial charge in [-0.05, 0) is 43.7 Å². The molecular weight excluding hydrogens is 366 g/mol. The molecule has 6 heteroatoms. The Morgan fingerprint density at radius 2 is 1.96 bits per heavy atom. The Balaban J connectivity index is 1.76. The number of benzene rings is 1. The van der Waals surface area contributed by atoms with Gasteiger partial charge in [-0.2, -0.15) is 0 Å². The van der Waals surface area contributed by atoms with Crippen molar-refractivity contribution >= 4 is 35.0 Å². The lowest BCUT2D eigenvalue weighted by atomic mass is 10.1. The van der Waals surface area contributed by atoms with Crippen LogP contribution in [0.5, 0.6) is 0 Å². The predicted molar refractivity (Wildman–Crippen MR) is 107 cm³/mol. The zero-order chi connectivity index (χ0) is 18.5. The van der Waals surface area contributed by atoms with E-state index in [9.17, 15) is 9.59 Å². The fraction of sp³-hybridized carbons (Fsp3) is 0.400. The van der Waals surface area contributed by atoms with E-state index >= 15 is 0 Å². The molecule has 0 N–H and O–H groups in total. The number of thioether (sulfide) groups is 1. The van der Waals surface area contributed by atoms with Gasteiger partial charge in [-0.15, -0.1) is 23.1 Å². The van der Waals surface area contributed by atoms with Crippen LogP contribution in [0.15, 0.2) is 47.8 Å². The first-order valence-electron chi connectivity index (χ1n) is 8.78. The molecule has 4 nitrogen and oxygen atoms in total. The minimum Gasteiger partial charge on any atom is -0.461 e. The second-order valence-corrected chi connectivity index (χ2v) is 8.66. The molecule has 1 fully saturated rings. The SMILES string of the molecule is CC(C)OC(=O)[C@H]1CS[C@@H](CCc2ccccc2)N1C(=O)c1cccs1. The molecule has 138 valence electrons. The lowest BCUT2D eigenvalue weighted by molar-refractivity contribution is -0.151. The maximum Gasteiger partial charge on any atom is 0.330 e. The number of hydrogen-bond acceptors (Lipinski definition) is 5. The third kappa shape index (κ3) is 4.48. The van der Waals surface area contributed by atoms with Gasteiger partial charge in [-0.1, -0.05) is 36.4 Å². The highest BCUT2D eigenvalue weighted by atomic mass is 32.2. The van der Waals surface area contributed by atoms with Gasteiger partial charge in [0.15, 0.2) is 0 Å². The summed E-state index contributed by atoms with van der Waals surface area (Å²) in [6.07, 6.45) is 1.50. The van der Waals surface area contributed by atoms with E-state index in [4.69, 9.17) is 4.74 Å². The topological polar surface area (TPSA) is 46.6 Å². The van der Waals surface area contributed by atoms with Crippen LogP contribution in [0.4, 0.5) is 0 Å². The van der Waals surface area contributed by atoms with Gasteiger partial charge in [0.25, 0.3) is 5.91 Å². The first-order valence-corrected chi connectivity index (χ1v) is 10.7. The summed E-state index contributed by atoms with van der Waals surface area (Å²) >= 11 is 3.08. The number of thiophene rings is 1. The second kappa shape index (κ2) is 8.73. The Bertz CT molecular complexity index is 731. The fourth-order valence-corrected chi connectivity index (χ4v) is 5.07. The van der Waals surface area contributed by atoms with Gasteiger partial charge in [-0.3, -0.25) is 4.79 Å². The van der Waals surface area contributed by atoms with Crippen molar-refractivity contribution in [3.05, 3.63) is 58.3 Å². The van der Waals surface area contributed by atoms with Crippen molar-refractivity contribution in [1.29, 1.82) is 0 Å². The van der Waals surface area contributed by atoms with Crippen molar-refractivity contribution in [2.24, 2.45) is 0 Å².